The number of anilines is 1. The zero-order chi connectivity index (χ0) is 14.1. The number of furan rings is 1. The number of alkyl halides is 1. The van der Waals surface area contributed by atoms with E-state index in [1.807, 2.05) is 31.2 Å². The van der Waals surface area contributed by atoms with Crippen molar-refractivity contribution in [2.24, 2.45) is 0 Å². The lowest BCUT2D eigenvalue weighted by atomic mass is 10.0. The molecule has 1 unspecified atom stereocenters. The van der Waals surface area contributed by atoms with Crippen LogP contribution in [0, 0.1) is 6.92 Å². The van der Waals surface area contributed by atoms with Crippen LogP contribution in [0.25, 0.3) is 0 Å². The molecular weight excluding hydrogens is 318 g/mol. The number of rotatable bonds is 2. The van der Waals surface area contributed by atoms with E-state index in [4.69, 9.17) is 4.42 Å². The number of nitrogens with one attached hydrogen (secondary N) is 1. The van der Waals surface area contributed by atoms with Gasteiger partial charge in [-0.1, -0.05) is 28.1 Å². The fraction of sp³-hybridized carbons (Fsp3) is 0.312. The Hall–Kier alpha value is -1.55. The van der Waals surface area contributed by atoms with Crippen LogP contribution in [0.15, 0.2) is 34.7 Å². The average molecular weight is 334 g/mol. The number of hydrogen-bond donors (Lipinski definition) is 1. The van der Waals surface area contributed by atoms with Gasteiger partial charge in [-0.15, -0.1) is 0 Å². The number of aryl methyl sites for hydroxylation is 2. The maximum absolute atomic E-state index is 11.6. The van der Waals surface area contributed by atoms with Crippen LogP contribution in [0.4, 0.5) is 5.69 Å². The van der Waals surface area contributed by atoms with Crippen molar-refractivity contribution >= 4 is 27.5 Å². The molecule has 0 saturated carbocycles. The summed E-state index contributed by atoms with van der Waals surface area (Å²) >= 11 is 3.69. The molecule has 2 aromatic rings. The molecule has 1 atom stereocenters. The predicted molar refractivity (Wildman–Crippen MR) is 82.2 cm³/mol. The van der Waals surface area contributed by atoms with E-state index >= 15 is 0 Å². The summed E-state index contributed by atoms with van der Waals surface area (Å²) in [5.41, 5.74) is 3.28. The highest BCUT2D eigenvalue weighted by atomic mass is 79.9. The Morgan fingerprint density at radius 3 is 2.85 bits per heavy atom. The Morgan fingerprint density at radius 1 is 1.25 bits per heavy atom. The second kappa shape index (κ2) is 5.44. The largest absolute Gasteiger partial charge is 0.465 e. The van der Waals surface area contributed by atoms with E-state index < -0.39 is 0 Å². The average Bonchev–Trinajstić information content (AvgIpc) is 2.77. The molecule has 3 rings (SSSR count). The first-order valence-electron chi connectivity index (χ1n) is 6.76. The van der Waals surface area contributed by atoms with Crippen LogP contribution in [0.1, 0.15) is 40.3 Å². The van der Waals surface area contributed by atoms with Crippen molar-refractivity contribution in [1.29, 1.82) is 0 Å². The number of benzene rings is 1. The normalized spacial score (nSPS) is 16.2. The van der Waals surface area contributed by atoms with Gasteiger partial charge in [-0.25, -0.2) is 0 Å². The second-order valence-electron chi connectivity index (χ2n) is 5.13. The maximum atomic E-state index is 11.6. The zero-order valence-corrected chi connectivity index (χ0v) is 12.9. The summed E-state index contributed by atoms with van der Waals surface area (Å²) in [6.07, 6.45) is 2.42. The van der Waals surface area contributed by atoms with E-state index in [9.17, 15) is 4.79 Å². The summed E-state index contributed by atoms with van der Waals surface area (Å²) in [5, 5.41) is 2.95. The van der Waals surface area contributed by atoms with Crippen LogP contribution in [0.3, 0.4) is 0 Å². The first-order chi connectivity index (χ1) is 9.63. The first-order valence-corrected chi connectivity index (χ1v) is 7.68. The second-order valence-corrected chi connectivity index (χ2v) is 6.04. The van der Waals surface area contributed by atoms with Crippen LogP contribution < -0.4 is 5.32 Å². The third-order valence-corrected chi connectivity index (χ3v) is 4.54. The van der Waals surface area contributed by atoms with E-state index in [1.54, 1.807) is 0 Å². The standard InChI is InChI=1S/C16H16BrNO2/c1-10-5-8-14(20-10)16(17)12-6-7-13-11(9-12)3-2-4-15(19)18-13/h5-9,16H,2-4H2,1H3,(H,18,19). The van der Waals surface area contributed by atoms with Gasteiger partial charge in [-0.3, -0.25) is 4.79 Å². The summed E-state index contributed by atoms with van der Waals surface area (Å²) in [7, 11) is 0. The van der Waals surface area contributed by atoms with Gasteiger partial charge in [0.05, 0.1) is 4.83 Å². The van der Waals surface area contributed by atoms with Crippen molar-refractivity contribution in [3.63, 3.8) is 0 Å². The monoisotopic (exact) mass is 333 g/mol. The molecule has 20 heavy (non-hydrogen) atoms. The molecule has 0 radical (unpaired) electrons. The summed E-state index contributed by atoms with van der Waals surface area (Å²) in [4.78, 5) is 11.6. The van der Waals surface area contributed by atoms with Crippen LogP contribution >= 0.6 is 15.9 Å². The number of carbonyl (C=O) groups excluding carboxylic acids is 1. The molecule has 0 saturated heterocycles. The third kappa shape index (κ3) is 2.66. The third-order valence-electron chi connectivity index (χ3n) is 3.56. The van der Waals surface area contributed by atoms with Gasteiger partial charge in [-0.2, -0.15) is 0 Å². The molecule has 4 heteroatoms. The Bertz CT molecular complexity index is 648. The molecule has 0 aliphatic carbocycles. The number of hydrogen-bond acceptors (Lipinski definition) is 2. The maximum Gasteiger partial charge on any atom is 0.224 e. The van der Waals surface area contributed by atoms with Crippen molar-refractivity contribution in [3.8, 4) is 0 Å². The van der Waals surface area contributed by atoms with E-state index in [2.05, 4.69) is 27.3 Å². The van der Waals surface area contributed by atoms with E-state index in [0.717, 1.165) is 35.6 Å². The molecule has 1 N–H and O–H groups in total. The van der Waals surface area contributed by atoms with Crippen molar-refractivity contribution in [2.45, 2.75) is 31.0 Å². The Labute approximate surface area is 126 Å². The van der Waals surface area contributed by atoms with Gasteiger partial charge in [0.2, 0.25) is 5.91 Å². The van der Waals surface area contributed by atoms with Gasteiger partial charge in [0.1, 0.15) is 11.5 Å². The molecule has 1 aliphatic rings. The van der Waals surface area contributed by atoms with Crippen LogP contribution in [-0.2, 0) is 11.2 Å². The lowest BCUT2D eigenvalue weighted by molar-refractivity contribution is -0.116. The molecule has 2 heterocycles. The van der Waals surface area contributed by atoms with Gasteiger partial charge >= 0.3 is 0 Å². The topological polar surface area (TPSA) is 42.2 Å². The van der Waals surface area contributed by atoms with Crippen LogP contribution in [0.5, 0.6) is 0 Å². The van der Waals surface area contributed by atoms with Gasteiger partial charge in [0.25, 0.3) is 0 Å². The van der Waals surface area contributed by atoms with Gasteiger partial charge in [-0.05, 0) is 49.1 Å². The fourth-order valence-corrected chi connectivity index (χ4v) is 3.04. The van der Waals surface area contributed by atoms with E-state index in [0.29, 0.717) is 6.42 Å². The molecule has 104 valence electrons. The number of halogens is 1. The van der Waals surface area contributed by atoms with Crippen LogP contribution in [-0.4, -0.2) is 5.91 Å². The van der Waals surface area contributed by atoms with Crippen molar-refractivity contribution < 1.29 is 9.21 Å². The first kappa shape index (κ1) is 13.4. The van der Waals surface area contributed by atoms with Crippen LogP contribution in [0.2, 0.25) is 0 Å². The minimum atomic E-state index is 0.0421. The SMILES string of the molecule is Cc1ccc(C(Br)c2ccc3c(c2)CCCC(=O)N3)o1. The summed E-state index contributed by atoms with van der Waals surface area (Å²) in [6, 6.07) is 10.1. The fourth-order valence-electron chi connectivity index (χ4n) is 2.51. The molecule has 0 bridgehead atoms. The minimum absolute atomic E-state index is 0.0421. The van der Waals surface area contributed by atoms with E-state index in [1.165, 1.54) is 5.56 Å². The zero-order valence-electron chi connectivity index (χ0n) is 11.3. The molecule has 1 amide bonds. The lowest BCUT2D eigenvalue weighted by Gasteiger charge is -2.12. The summed E-state index contributed by atoms with van der Waals surface area (Å²) < 4.78 is 5.67. The van der Waals surface area contributed by atoms with Gasteiger partial charge < -0.3 is 9.73 Å². The highest BCUT2D eigenvalue weighted by Gasteiger charge is 2.18. The highest BCUT2D eigenvalue weighted by Crippen LogP contribution is 2.34. The number of amides is 1. The molecule has 1 aliphatic heterocycles. The van der Waals surface area contributed by atoms with Gasteiger partial charge in [0, 0.05) is 12.1 Å². The van der Waals surface area contributed by atoms with Crippen molar-refractivity contribution in [3.05, 3.63) is 53.0 Å². The smallest absolute Gasteiger partial charge is 0.224 e. The Morgan fingerprint density at radius 2 is 2.10 bits per heavy atom. The Balaban J connectivity index is 1.92. The summed E-state index contributed by atoms with van der Waals surface area (Å²) in [5.74, 6) is 1.92. The quantitative estimate of drug-likeness (QED) is 0.830. The minimum Gasteiger partial charge on any atom is -0.465 e. The molecular formula is C16H16BrNO2. The highest BCUT2D eigenvalue weighted by molar-refractivity contribution is 9.09. The molecule has 1 aromatic heterocycles. The number of fused-ring (bicyclic) bond motifs is 1. The molecule has 0 fully saturated rings. The molecule has 3 nitrogen and oxygen atoms in total. The molecule has 0 spiro atoms. The molecule has 1 aromatic carbocycles. The Kier molecular flexibility index (Phi) is 3.66. The predicted octanol–water partition coefficient (Wildman–Crippen LogP) is 4.35. The van der Waals surface area contributed by atoms with E-state index in [-0.39, 0.29) is 10.7 Å². The summed E-state index contributed by atoms with van der Waals surface area (Å²) in [6.45, 7) is 1.94. The lowest BCUT2D eigenvalue weighted by Crippen LogP contribution is -2.09. The number of carbonyl (C=O) groups is 1. The van der Waals surface area contributed by atoms with Crippen molar-refractivity contribution in [1.82, 2.24) is 0 Å². The van der Waals surface area contributed by atoms with Gasteiger partial charge in [0.15, 0.2) is 0 Å². The van der Waals surface area contributed by atoms with Crippen molar-refractivity contribution in [2.75, 3.05) is 5.32 Å².